The van der Waals surface area contributed by atoms with Gasteiger partial charge in [-0.3, -0.25) is 4.68 Å². The molecule has 2 aromatic rings. The van der Waals surface area contributed by atoms with Crippen LogP contribution >= 0.6 is 0 Å². The van der Waals surface area contributed by atoms with Crippen LogP contribution in [-0.4, -0.2) is 9.78 Å². The third kappa shape index (κ3) is 2.48. The molecule has 1 aromatic carbocycles. The smallest absolute Gasteiger partial charge is 0.123 e. The average Bonchev–Trinajstić information content (AvgIpc) is 2.66. The van der Waals surface area contributed by atoms with Crippen LogP contribution in [0.15, 0.2) is 36.7 Å². The molecule has 0 N–H and O–H groups in total. The van der Waals surface area contributed by atoms with Crippen molar-refractivity contribution in [1.29, 1.82) is 0 Å². The van der Waals surface area contributed by atoms with Gasteiger partial charge in [0.15, 0.2) is 0 Å². The summed E-state index contributed by atoms with van der Waals surface area (Å²) in [7, 11) is 0. The number of benzene rings is 1. The highest BCUT2D eigenvalue weighted by atomic mass is 19.1. The second-order valence-corrected chi connectivity index (χ2v) is 4.35. The quantitative estimate of drug-likeness (QED) is 0.772. The Labute approximate surface area is 94.7 Å². The van der Waals surface area contributed by atoms with E-state index in [0.717, 1.165) is 17.7 Å². The van der Waals surface area contributed by atoms with E-state index in [1.165, 1.54) is 12.1 Å². The molecule has 0 atom stereocenters. The van der Waals surface area contributed by atoms with Crippen LogP contribution in [0, 0.1) is 11.7 Å². The molecule has 0 bridgehead atoms. The van der Waals surface area contributed by atoms with E-state index in [0.29, 0.717) is 5.92 Å². The summed E-state index contributed by atoms with van der Waals surface area (Å²) in [6.45, 7) is 5.21. The van der Waals surface area contributed by atoms with Gasteiger partial charge in [-0.1, -0.05) is 26.0 Å². The normalized spacial score (nSPS) is 11.0. The molecule has 0 amide bonds. The van der Waals surface area contributed by atoms with Gasteiger partial charge in [0, 0.05) is 18.3 Å². The second kappa shape index (κ2) is 4.47. The van der Waals surface area contributed by atoms with Gasteiger partial charge >= 0.3 is 0 Å². The number of rotatable bonds is 3. The molecule has 1 aromatic heterocycles. The predicted molar refractivity (Wildman–Crippen MR) is 62.5 cm³/mol. The molecule has 0 radical (unpaired) electrons. The summed E-state index contributed by atoms with van der Waals surface area (Å²) in [6.07, 6.45) is 3.81. The molecule has 0 saturated heterocycles. The van der Waals surface area contributed by atoms with E-state index in [1.807, 2.05) is 17.1 Å². The molecule has 0 unspecified atom stereocenters. The Morgan fingerprint density at radius 3 is 2.50 bits per heavy atom. The van der Waals surface area contributed by atoms with Crippen LogP contribution in [0.3, 0.4) is 0 Å². The average molecular weight is 218 g/mol. The first-order valence-corrected chi connectivity index (χ1v) is 5.43. The first-order valence-electron chi connectivity index (χ1n) is 5.43. The maximum atomic E-state index is 12.8. The lowest BCUT2D eigenvalue weighted by atomic mass is 10.1. The van der Waals surface area contributed by atoms with Crippen molar-refractivity contribution in [3.05, 3.63) is 42.5 Å². The van der Waals surface area contributed by atoms with Crippen LogP contribution in [0.2, 0.25) is 0 Å². The van der Waals surface area contributed by atoms with Gasteiger partial charge in [0.05, 0.1) is 6.20 Å². The Balaban J connectivity index is 2.21. The van der Waals surface area contributed by atoms with E-state index >= 15 is 0 Å². The van der Waals surface area contributed by atoms with Crippen molar-refractivity contribution < 1.29 is 4.39 Å². The third-order valence-corrected chi connectivity index (χ3v) is 2.36. The van der Waals surface area contributed by atoms with Crippen molar-refractivity contribution in [2.75, 3.05) is 0 Å². The topological polar surface area (TPSA) is 17.8 Å². The molecule has 84 valence electrons. The van der Waals surface area contributed by atoms with E-state index in [2.05, 4.69) is 18.9 Å². The molecular formula is C13H15FN2. The molecule has 0 aliphatic heterocycles. The molecule has 1 heterocycles. The highest BCUT2D eigenvalue weighted by molar-refractivity contribution is 5.61. The highest BCUT2D eigenvalue weighted by Crippen LogP contribution is 2.18. The highest BCUT2D eigenvalue weighted by Gasteiger charge is 2.03. The molecule has 16 heavy (non-hydrogen) atoms. The van der Waals surface area contributed by atoms with Gasteiger partial charge in [0.2, 0.25) is 0 Å². The first-order chi connectivity index (χ1) is 7.65. The lowest BCUT2D eigenvalue weighted by Gasteiger charge is -2.03. The Bertz CT molecular complexity index is 457. The fourth-order valence-corrected chi connectivity index (χ4v) is 1.63. The van der Waals surface area contributed by atoms with E-state index in [4.69, 9.17) is 0 Å². The standard InChI is InChI=1S/C13H15FN2/c1-10(2)8-16-9-12(7-15-16)11-3-5-13(14)6-4-11/h3-7,9-10H,8H2,1-2H3. The Morgan fingerprint density at radius 1 is 1.19 bits per heavy atom. The number of nitrogens with zero attached hydrogens (tertiary/aromatic N) is 2. The molecule has 0 aliphatic rings. The predicted octanol–water partition coefficient (Wildman–Crippen LogP) is 3.35. The number of halogens is 1. The van der Waals surface area contributed by atoms with Crippen molar-refractivity contribution in [3.8, 4) is 11.1 Å². The van der Waals surface area contributed by atoms with Crippen LogP contribution in [-0.2, 0) is 6.54 Å². The van der Waals surface area contributed by atoms with Crippen molar-refractivity contribution in [2.24, 2.45) is 5.92 Å². The van der Waals surface area contributed by atoms with E-state index in [9.17, 15) is 4.39 Å². The van der Waals surface area contributed by atoms with Gasteiger partial charge < -0.3 is 0 Å². The largest absolute Gasteiger partial charge is 0.272 e. The van der Waals surface area contributed by atoms with Crippen LogP contribution in [0.25, 0.3) is 11.1 Å². The van der Waals surface area contributed by atoms with Crippen molar-refractivity contribution in [3.63, 3.8) is 0 Å². The summed E-state index contributed by atoms with van der Waals surface area (Å²) in [4.78, 5) is 0. The van der Waals surface area contributed by atoms with Crippen molar-refractivity contribution in [1.82, 2.24) is 9.78 Å². The summed E-state index contributed by atoms with van der Waals surface area (Å²) >= 11 is 0. The van der Waals surface area contributed by atoms with E-state index < -0.39 is 0 Å². The molecule has 2 nitrogen and oxygen atoms in total. The zero-order valence-electron chi connectivity index (χ0n) is 9.52. The zero-order valence-corrected chi connectivity index (χ0v) is 9.52. The zero-order chi connectivity index (χ0) is 11.5. The van der Waals surface area contributed by atoms with Gasteiger partial charge in [-0.25, -0.2) is 4.39 Å². The number of hydrogen-bond acceptors (Lipinski definition) is 1. The minimum Gasteiger partial charge on any atom is -0.272 e. The van der Waals surface area contributed by atoms with Crippen molar-refractivity contribution in [2.45, 2.75) is 20.4 Å². The Morgan fingerprint density at radius 2 is 1.88 bits per heavy atom. The molecule has 2 rings (SSSR count). The SMILES string of the molecule is CC(C)Cn1cc(-c2ccc(F)cc2)cn1. The van der Waals surface area contributed by atoms with Gasteiger partial charge in [0.25, 0.3) is 0 Å². The Kier molecular flexibility index (Phi) is 3.04. The molecule has 0 aliphatic carbocycles. The maximum Gasteiger partial charge on any atom is 0.123 e. The van der Waals surface area contributed by atoms with Gasteiger partial charge in [0.1, 0.15) is 5.82 Å². The first kappa shape index (κ1) is 10.9. The maximum absolute atomic E-state index is 12.8. The summed E-state index contributed by atoms with van der Waals surface area (Å²) in [5.41, 5.74) is 2.03. The summed E-state index contributed by atoms with van der Waals surface area (Å²) < 4.78 is 14.7. The number of aromatic nitrogens is 2. The van der Waals surface area contributed by atoms with Crippen LogP contribution in [0.5, 0.6) is 0 Å². The fraction of sp³-hybridized carbons (Fsp3) is 0.308. The molecule has 0 saturated carbocycles. The molecule has 3 heteroatoms. The van der Waals surface area contributed by atoms with Crippen LogP contribution in [0.4, 0.5) is 4.39 Å². The minimum atomic E-state index is -0.210. The minimum absolute atomic E-state index is 0.210. The monoisotopic (exact) mass is 218 g/mol. The molecular weight excluding hydrogens is 203 g/mol. The van der Waals surface area contributed by atoms with Gasteiger partial charge in [-0.2, -0.15) is 5.10 Å². The van der Waals surface area contributed by atoms with Crippen LogP contribution in [0.1, 0.15) is 13.8 Å². The summed E-state index contributed by atoms with van der Waals surface area (Å²) in [5.74, 6) is 0.360. The van der Waals surface area contributed by atoms with E-state index in [1.54, 1.807) is 12.1 Å². The Hall–Kier alpha value is -1.64. The van der Waals surface area contributed by atoms with Crippen LogP contribution < -0.4 is 0 Å². The fourth-order valence-electron chi connectivity index (χ4n) is 1.63. The molecule has 0 spiro atoms. The summed E-state index contributed by atoms with van der Waals surface area (Å²) in [5, 5.41) is 4.28. The lowest BCUT2D eigenvalue weighted by molar-refractivity contribution is 0.483. The van der Waals surface area contributed by atoms with E-state index in [-0.39, 0.29) is 5.82 Å². The summed E-state index contributed by atoms with van der Waals surface area (Å²) in [6, 6.07) is 6.47. The third-order valence-electron chi connectivity index (χ3n) is 2.36. The number of hydrogen-bond donors (Lipinski definition) is 0. The lowest BCUT2D eigenvalue weighted by Crippen LogP contribution is -2.03. The van der Waals surface area contributed by atoms with Gasteiger partial charge in [-0.15, -0.1) is 0 Å². The van der Waals surface area contributed by atoms with Crippen molar-refractivity contribution >= 4 is 0 Å². The second-order valence-electron chi connectivity index (χ2n) is 4.35. The molecule has 0 fully saturated rings. The van der Waals surface area contributed by atoms with Gasteiger partial charge in [-0.05, 0) is 23.6 Å².